The molecule has 0 saturated heterocycles. The zero-order valence-corrected chi connectivity index (χ0v) is 11.6. The highest BCUT2D eigenvalue weighted by Crippen LogP contribution is 2.23. The Morgan fingerprint density at radius 3 is 2.58 bits per heavy atom. The van der Waals surface area contributed by atoms with Crippen molar-refractivity contribution in [2.75, 3.05) is 5.32 Å². The lowest BCUT2D eigenvalue weighted by molar-refractivity contribution is 0.133. The van der Waals surface area contributed by atoms with Crippen molar-refractivity contribution in [3.05, 3.63) is 29.6 Å². The third kappa shape index (κ3) is 4.18. The molecule has 2 rings (SSSR count). The molecule has 1 aliphatic carbocycles. The molecule has 3 nitrogen and oxygen atoms in total. The summed E-state index contributed by atoms with van der Waals surface area (Å²) in [6.45, 7) is 3.98. The highest BCUT2D eigenvalue weighted by Gasteiger charge is 2.19. The number of hydrogen-bond acceptors (Lipinski definition) is 3. The first kappa shape index (κ1) is 14.3. The van der Waals surface area contributed by atoms with Crippen LogP contribution in [-0.2, 0) is 0 Å². The molecule has 106 valence electrons. The second kappa shape index (κ2) is 6.35. The van der Waals surface area contributed by atoms with Crippen LogP contribution in [0.25, 0.3) is 0 Å². The lowest BCUT2D eigenvalue weighted by Gasteiger charge is -2.29. The normalized spacial score (nSPS) is 25.1. The molecule has 0 aromatic heterocycles. The van der Waals surface area contributed by atoms with E-state index in [-0.39, 0.29) is 5.82 Å². The molecule has 1 atom stereocenters. The number of aryl methyl sites for hydroxylation is 1. The Morgan fingerprint density at radius 1 is 1.26 bits per heavy atom. The Kier molecular flexibility index (Phi) is 4.77. The number of nitrogens with one attached hydrogen (secondary N) is 2. The highest BCUT2D eigenvalue weighted by atomic mass is 19.1. The molecular weight excluding hydrogens is 243 g/mol. The van der Waals surface area contributed by atoms with Crippen molar-refractivity contribution in [1.82, 2.24) is 5.32 Å². The van der Waals surface area contributed by atoms with Crippen molar-refractivity contribution >= 4 is 5.69 Å². The fraction of sp³-hybridized carbons (Fsp3) is 0.600. The smallest absolute Gasteiger partial charge is 0.181 e. The van der Waals surface area contributed by atoms with E-state index in [0.29, 0.717) is 17.3 Å². The van der Waals surface area contributed by atoms with E-state index in [0.717, 1.165) is 18.8 Å². The molecule has 1 fully saturated rings. The van der Waals surface area contributed by atoms with Crippen molar-refractivity contribution in [2.24, 2.45) is 5.92 Å². The summed E-state index contributed by atoms with van der Waals surface area (Å²) >= 11 is 0. The maximum absolute atomic E-state index is 13.4. The lowest BCUT2D eigenvalue weighted by atomic mass is 9.87. The van der Waals surface area contributed by atoms with E-state index >= 15 is 0 Å². The molecule has 19 heavy (non-hydrogen) atoms. The number of benzene rings is 1. The highest BCUT2D eigenvalue weighted by molar-refractivity contribution is 5.45. The van der Waals surface area contributed by atoms with Crippen molar-refractivity contribution < 1.29 is 9.50 Å². The van der Waals surface area contributed by atoms with Gasteiger partial charge in [0.05, 0.1) is 0 Å². The van der Waals surface area contributed by atoms with E-state index in [1.165, 1.54) is 18.9 Å². The monoisotopic (exact) mass is 266 g/mol. The van der Waals surface area contributed by atoms with Gasteiger partial charge in [-0.15, -0.1) is 0 Å². The first-order chi connectivity index (χ1) is 9.04. The summed E-state index contributed by atoms with van der Waals surface area (Å²) in [5, 5.41) is 16.0. The Morgan fingerprint density at radius 2 is 1.95 bits per heavy atom. The molecule has 4 heteroatoms. The van der Waals surface area contributed by atoms with Gasteiger partial charge in [0.25, 0.3) is 0 Å². The second-order valence-corrected chi connectivity index (χ2v) is 5.63. The molecular formula is C15H23FN2O. The summed E-state index contributed by atoms with van der Waals surface area (Å²) in [5.74, 6) is 0.526. The van der Waals surface area contributed by atoms with Crippen molar-refractivity contribution in [3.63, 3.8) is 0 Å². The van der Waals surface area contributed by atoms with Gasteiger partial charge in [-0.25, -0.2) is 4.39 Å². The predicted molar refractivity (Wildman–Crippen MR) is 75.3 cm³/mol. The van der Waals surface area contributed by atoms with Gasteiger partial charge in [0.1, 0.15) is 5.82 Å². The molecule has 1 aromatic rings. The van der Waals surface area contributed by atoms with Crippen LogP contribution in [0.1, 0.15) is 38.2 Å². The van der Waals surface area contributed by atoms with Gasteiger partial charge in [0.2, 0.25) is 0 Å². The number of anilines is 1. The van der Waals surface area contributed by atoms with Gasteiger partial charge in [-0.1, -0.05) is 13.0 Å². The fourth-order valence-corrected chi connectivity index (χ4v) is 2.53. The Balaban J connectivity index is 1.83. The first-order valence-corrected chi connectivity index (χ1v) is 7.01. The van der Waals surface area contributed by atoms with Crippen LogP contribution in [-0.4, -0.2) is 17.5 Å². The third-order valence-electron chi connectivity index (χ3n) is 3.88. The largest absolute Gasteiger partial charge is 0.361 e. The zero-order valence-electron chi connectivity index (χ0n) is 11.6. The minimum atomic E-state index is -0.833. The quantitative estimate of drug-likeness (QED) is 0.734. The van der Waals surface area contributed by atoms with E-state index in [4.69, 9.17) is 0 Å². The summed E-state index contributed by atoms with van der Waals surface area (Å²) in [6, 6.07) is 5.22. The number of halogens is 1. The third-order valence-corrected chi connectivity index (χ3v) is 3.88. The topological polar surface area (TPSA) is 44.3 Å². The van der Waals surface area contributed by atoms with Gasteiger partial charge in [-0.2, -0.15) is 0 Å². The van der Waals surface area contributed by atoms with Crippen molar-refractivity contribution in [3.8, 4) is 0 Å². The Labute approximate surface area is 114 Å². The first-order valence-electron chi connectivity index (χ1n) is 7.01. The van der Waals surface area contributed by atoms with E-state index in [9.17, 15) is 9.50 Å². The van der Waals surface area contributed by atoms with E-state index in [2.05, 4.69) is 17.6 Å². The van der Waals surface area contributed by atoms with Gasteiger partial charge in [-0.3, -0.25) is 5.32 Å². The maximum Gasteiger partial charge on any atom is 0.181 e. The molecule has 0 heterocycles. The maximum atomic E-state index is 13.4. The standard InChI is InChI=1S/C15H23FN2O/c1-10-3-6-12(7-4-10)17-15(19)18-13-8-5-11(2)14(16)9-13/h5,8-10,12,15,17-19H,3-4,6-7H2,1-2H3. The number of aliphatic hydroxyl groups is 1. The van der Waals surface area contributed by atoms with Crippen molar-refractivity contribution in [2.45, 2.75) is 51.9 Å². The number of rotatable bonds is 4. The van der Waals surface area contributed by atoms with Gasteiger partial charge < -0.3 is 10.4 Å². The van der Waals surface area contributed by atoms with E-state index < -0.39 is 6.35 Å². The second-order valence-electron chi connectivity index (χ2n) is 5.63. The molecule has 0 spiro atoms. The summed E-state index contributed by atoms with van der Waals surface area (Å²) in [6.07, 6.45) is 3.73. The molecule has 1 saturated carbocycles. The van der Waals surface area contributed by atoms with Crippen LogP contribution in [0, 0.1) is 18.7 Å². The Bertz CT molecular complexity index is 417. The molecule has 3 N–H and O–H groups in total. The molecule has 0 radical (unpaired) electrons. The Hall–Kier alpha value is -1.13. The van der Waals surface area contributed by atoms with Crippen LogP contribution in [0.2, 0.25) is 0 Å². The van der Waals surface area contributed by atoms with Gasteiger partial charge in [-0.05, 0) is 56.2 Å². The van der Waals surface area contributed by atoms with Crippen LogP contribution >= 0.6 is 0 Å². The summed E-state index contributed by atoms with van der Waals surface area (Å²) < 4.78 is 13.4. The summed E-state index contributed by atoms with van der Waals surface area (Å²) in [7, 11) is 0. The summed E-state index contributed by atoms with van der Waals surface area (Å²) in [5.41, 5.74) is 1.20. The molecule has 1 unspecified atom stereocenters. The number of hydrogen-bond donors (Lipinski definition) is 3. The van der Waals surface area contributed by atoms with Gasteiger partial charge in [0.15, 0.2) is 6.35 Å². The van der Waals surface area contributed by atoms with Crippen LogP contribution in [0.5, 0.6) is 0 Å². The minimum absolute atomic E-state index is 0.260. The molecule has 0 bridgehead atoms. The molecule has 0 aliphatic heterocycles. The molecule has 0 amide bonds. The zero-order chi connectivity index (χ0) is 13.8. The fourth-order valence-electron chi connectivity index (χ4n) is 2.53. The average Bonchev–Trinajstić information content (AvgIpc) is 2.37. The van der Waals surface area contributed by atoms with Crippen LogP contribution in [0.3, 0.4) is 0 Å². The van der Waals surface area contributed by atoms with Crippen LogP contribution < -0.4 is 10.6 Å². The lowest BCUT2D eigenvalue weighted by Crippen LogP contribution is -2.44. The average molecular weight is 266 g/mol. The molecule has 1 aromatic carbocycles. The molecule has 1 aliphatic rings. The van der Waals surface area contributed by atoms with Crippen LogP contribution in [0.4, 0.5) is 10.1 Å². The van der Waals surface area contributed by atoms with E-state index in [1.54, 1.807) is 19.1 Å². The predicted octanol–water partition coefficient (Wildman–Crippen LogP) is 2.99. The van der Waals surface area contributed by atoms with Gasteiger partial charge >= 0.3 is 0 Å². The SMILES string of the molecule is Cc1ccc(NC(O)NC2CCC(C)CC2)cc1F. The van der Waals surface area contributed by atoms with Gasteiger partial charge in [0, 0.05) is 11.7 Å². The van der Waals surface area contributed by atoms with Crippen molar-refractivity contribution in [1.29, 1.82) is 0 Å². The minimum Gasteiger partial charge on any atom is -0.361 e. The van der Waals surface area contributed by atoms with E-state index in [1.807, 2.05) is 0 Å². The number of aliphatic hydroxyl groups excluding tert-OH is 1. The summed E-state index contributed by atoms with van der Waals surface area (Å²) in [4.78, 5) is 0. The van der Waals surface area contributed by atoms with Crippen LogP contribution in [0.15, 0.2) is 18.2 Å².